The molecule has 13 heavy (non-hydrogen) atoms. The lowest BCUT2D eigenvalue weighted by Gasteiger charge is -2.07. The van der Waals surface area contributed by atoms with E-state index in [1.165, 1.54) is 0 Å². The molecule has 1 aromatic rings. The van der Waals surface area contributed by atoms with E-state index in [0.717, 1.165) is 16.9 Å². The molecule has 1 atom stereocenters. The molecule has 1 aromatic carbocycles. The van der Waals surface area contributed by atoms with Crippen molar-refractivity contribution in [1.29, 1.82) is 0 Å². The van der Waals surface area contributed by atoms with Crippen LogP contribution in [0.25, 0.3) is 0 Å². The molecule has 0 aliphatic carbocycles. The first-order valence-corrected chi connectivity index (χ1v) is 5.46. The lowest BCUT2D eigenvalue weighted by molar-refractivity contribution is 0.687. The molecule has 0 aliphatic heterocycles. The van der Waals surface area contributed by atoms with Gasteiger partial charge in [-0.2, -0.15) is 0 Å². The highest BCUT2D eigenvalue weighted by molar-refractivity contribution is 7.86. The number of benzene rings is 1. The number of rotatable bonds is 3. The average molecular weight is 198 g/mol. The van der Waals surface area contributed by atoms with Gasteiger partial charge in [0.15, 0.2) is 0 Å². The molecule has 0 saturated carbocycles. The SMILES string of the molecule is CCS(=O)Nc1ccc(N)cc1C. The Bertz CT molecular complexity index is 325. The van der Waals surface area contributed by atoms with Gasteiger partial charge in [-0.1, -0.05) is 6.92 Å². The largest absolute Gasteiger partial charge is 0.399 e. The fraction of sp³-hybridized carbons (Fsp3) is 0.333. The third kappa shape index (κ3) is 2.73. The van der Waals surface area contributed by atoms with Crippen molar-refractivity contribution in [2.24, 2.45) is 0 Å². The summed E-state index contributed by atoms with van der Waals surface area (Å²) in [5, 5.41) is 0. The minimum atomic E-state index is -0.986. The highest BCUT2D eigenvalue weighted by Gasteiger charge is 2.00. The predicted molar refractivity (Wildman–Crippen MR) is 57.9 cm³/mol. The molecule has 0 saturated heterocycles. The summed E-state index contributed by atoms with van der Waals surface area (Å²) in [5.74, 6) is 0.601. The van der Waals surface area contributed by atoms with Crippen molar-refractivity contribution in [3.63, 3.8) is 0 Å². The number of nitrogen functional groups attached to an aromatic ring is 1. The molecule has 0 radical (unpaired) electrons. The number of nitrogens with one attached hydrogen (secondary N) is 1. The van der Waals surface area contributed by atoms with Crippen LogP contribution in [0.1, 0.15) is 12.5 Å². The van der Waals surface area contributed by atoms with Crippen LogP contribution in [0.3, 0.4) is 0 Å². The molecule has 0 amide bonds. The zero-order chi connectivity index (χ0) is 9.84. The lowest BCUT2D eigenvalue weighted by Crippen LogP contribution is -2.07. The zero-order valence-electron chi connectivity index (χ0n) is 7.83. The molecule has 0 heterocycles. The molecule has 3 N–H and O–H groups in total. The van der Waals surface area contributed by atoms with Crippen molar-refractivity contribution in [2.45, 2.75) is 13.8 Å². The third-order valence-corrected chi connectivity index (χ3v) is 2.71. The molecule has 0 aromatic heterocycles. The van der Waals surface area contributed by atoms with Gasteiger partial charge in [-0.05, 0) is 30.7 Å². The molecule has 72 valence electrons. The van der Waals surface area contributed by atoms with Gasteiger partial charge in [-0.3, -0.25) is 0 Å². The quantitative estimate of drug-likeness (QED) is 0.726. The molecule has 1 unspecified atom stereocenters. The predicted octanol–water partition coefficient (Wildman–Crippen LogP) is 1.67. The van der Waals surface area contributed by atoms with Gasteiger partial charge in [0.25, 0.3) is 0 Å². The van der Waals surface area contributed by atoms with Crippen LogP contribution in [0.15, 0.2) is 18.2 Å². The van der Waals surface area contributed by atoms with Crippen molar-refractivity contribution >= 4 is 22.4 Å². The summed E-state index contributed by atoms with van der Waals surface area (Å²) in [6.45, 7) is 3.81. The fourth-order valence-electron chi connectivity index (χ4n) is 0.996. The molecule has 0 aliphatic rings. The number of hydrogen-bond acceptors (Lipinski definition) is 2. The van der Waals surface area contributed by atoms with Gasteiger partial charge >= 0.3 is 0 Å². The Morgan fingerprint density at radius 2 is 2.23 bits per heavy atom. The smallest absolute Gasteiger partial charge is 0.116 e. The minimum absolute atomic E-state index is 0.601. The van der Waals surface area contributed by atoms with Crippen LogP contribution in [0, 0.1) is 6.92 Å². The van der Waals surface area contributed by atoms with Crippen molar-refractivity contribution in [2.75, 3.05) is 16.2 Å². The van der Waals surface area contributed by atoms with Crippen LogP contribution >= 0.6 is 0 Å². The van der Waals surface area contributed by atoms with E-state index < -0.39 is 11.0 Å². The maximum atomic E-state index is 11.2. The summed E-state index contributed by atoms with van der Waals surface area (Å²) < 4.78 is 14.1. The number of hydrogen-bond donors (Lipinski definition) is 2. The fourth-order valence-corrected chi connectivity index (χ4v) is 1.61. The monoisotopic (exact) mass is 198 g/mol. The Morgan fingerprint density at radius 3 is 2.77 bits per heavy atom. The van der Waals surface area contributed by atoms with E-state index in [0.29, 0.717) is 5.75 Å². The molecule has 0 spiro atoms. The molecule has 0 fully saturated rings. The van der Waals surface area contributed by atoms with E-state index in [1.807, 2.05) is 26.0 Å². The lowest BCUT2D eigenvalue weighted by atomic mass is 10.2. The number of nitrogens with two attached hydrogens (primary N) is 1. The Hall–Kier alpha value is -1.03. The normalized spacial score (nSPS) is 12.5. The van der Waals surface area contributed by atoms with Gasteiger partial charge in [-0.25, -0.2) is 4.21 Å². The molecule has 0 bridgehead atoms. The third-order valence-electron chi connectivity index (χ3n) is 1.74. The zero-order valence-corrected chi connectivity index (χ0v) is 8.65. The summed E-state index contributed by atoms with van der Waals surface area (Å²) >= 11 is 0. The highest BCUT2D eigenvalue weighted by Crippen LogP contribution is 2.17. The first kappa shape index (κ1) is 10.1. The summed E-state index contributed by atoms with van der Waals surface area (Å²) in [6.07, 6.45) is 0. The van der Waals surface area contributed by atoms with Crippen LogP contribution in [-0.2, 0) is 11.0 Å². The van der Waals surface area contributed by atoms with Crippen molar-refractivity contribution in [1.82, 2.24) is 0 Å². The minimum Gasteiger partial charge on any atom is -0.399 e. The number of aryl methyl sites for hydroxylation is 1. The maximum Gasteiger partial charge on any atom is 0.116 e. The average Bonchev–Trinajstić information content (AvgIpc) is 2.09. The number of anilines is 2. The molecular formula is C9H14N2OS. The van der Waals surface area contributed by atoms with Gasteiger partial charge in [0.1, 0.15) is 11.0 Å². The van der Waals surface area contributed by atoms with Gasteiger partial charge in [-0.15, -0.1) is 0 Å². The first-order chi connectivity index (χ1) is 6.13. The molecule has 3 nitrogen and oxygen atoms in total. The van der Waals surface area contributed by atoms with Crippen molar-refractivity contribution in [3.05, 3.63) is 23.8 Å². The van der Waals surface area contributed by atoms with Crippen molar-refractivity contribution < 1.29 is 4.21 Å². The second-order valence-electron chi connectivity index (χ2n) is 2.81. The van der Waals surface area contributed by atoms with Gasteiger partial charge in [0.05, 0.1) is 0 Å². The molecule has 1 rings (SSSR count). The molecule has 4 heteroatoms. The molecular weight excluding hydrogens is 184 g/mol. The Labute approximate surface area is 80.9 Å². The van der Waals surface area contributed by atoms with E-state index in [-0.39, 0.29) is 0 Å². The first-order valence-electron chi connectivity index (χ1n) is 4.14. The second kappa shape index (κ2) is 4.28. The summed E-state index contributed by atoms with van der Waals surface area (Å²) in [6, 6.07) is 5.50. The van der Waals surface area contributed by atoms with Crippen molar-refractivity contribution in [3.8, 4) is 0 Å². The van der Waals surface area contributed by atoms with E-state index in [2.05, 4.69) is 4.72 Å². The van der Waals surface area contributed by atoms with Gasteiger partial charge < -0.3 is 10.5 Å². The summed E-state index contributed by atoms with van der Waals surface area (Å²) in [7, 11) is -0.986. The van der Waals surface area contributed by atoms with Crippen LogP contribution < -0.4 is 10.5 Å². The summed E-state index contributed by atoms with van der Waals surface area (Å²) in [5.41, 5.74) is 8.21. The summed E-state index contributed by atoms with van der Waals surface area (Å²) in [4.78, 5) is 0. The van der Waals surface area contributed by atoms with E-state index in [9.17, 15) is 4.21 Å². The van der Waals surface area contributed by atoms with E-state index in [4.69, 9.17) is 5.73 Å². The topological polar surface area (TPSA) is 55.1 Å². The van der Waals surface area contributed by atoms with Crippen LogP contribution in [0.2, 0.25) is 0 Å². The van der Waals surface area contributed by atoms with E-state index >= 15 is 0 Å². The standard InChI is InChI=1S/C9H14N2OS/c1-3-13(12)11-9-5-4-8(10)6-7(9)2/h4-6,11H,3,10H2,1-2H3. The van der Waals surface area contributed by atoms with Crippen LogP contribution in [0.5, 0.6) is 0 Å². The van der Waals surface area contributed by atoms with Crippen LogP contribution in [0.4, 0.5) is 11.4 Å². The Morgan fingerprint density at radius 1 is 1.54 bits per heavy atom. The Balaban J connectivity index is 2.83. The van der Waals surface area contributed by atoms with Gasteiger partial charge in [0, 0.05) is 17.1 Å². The second-order valence-corrected chi connectivity index (χ2v) is 4.28. The van der Waals surface area contributed by atoms with Gasteiger partial charge in [0.2, 0.25) is 0 Å². The van der Waals surface area contributed by atoms with E-state index in [1.54, 1.807) is 6.07 Å². The highest BCUT2D eigenvalue weighted by atomic mass is 32.2. The van der Waals surface area contributed by atoms with Crippen LogP contribution in [-0.4, -0.2) is 9.96 Å². The maximum absolute atomic E-state index is 11.2. The Kier molecular flexibility index (Phi) is 3.31.